The number of aliphatic imine (C=N–C) groups is 1. The Hall–Kier alpha value is -4.34. The lowest BCUT2D eigenvalue weighted by Crippen LogP contribution is -2.17. The van der Waals surface area contributed by atoms with Gasteiger partial charge < -0.3 is 10.1 Å². The molecule has 0 radical (unpaired) electrons. The molecule has 3 heterocycles. The summed E-state index contributed by atoms with van der Waals surface area (Å²) in [6, 6.07) is 10.7. The van der Waals surface area contributed by atoms with Crippen LogP contribution in [0.25, 0.3) is 0 Å². The maximum Gasteiger partial charge on any atom is 0.415 e. The van der Waals surface area contributed by atoms with Crippen molar-refractivity contribution in [3.05, 3.63) is 101 Å². The minimum absolute atomic E-state index is 0.129. The van der Waals surface area contributed by atoms with E-state index in [0.717, 1.165) is 6.08 Å². The minimum atomic E-state index is -4.59. The van der Waals surface area contributed by atoms with Crippen molar-refractivity contribution in [2.45, 2.75) is 12.2 Å². The number of benzene rings is 1. The fourth-order valence-corrected chi connectivity index (χ4v) is 3.37. The molecule has 1 amide bonds. The topological polar surface area (TPSA) is 93.5 Å². The van der Waals surface area contributed by atoms with E-state index in [1.807, 2.05) is 0 Å². The van der Waals surface area contributed by atoms with Gasteiger partial charge in [0.15, 0.2) is 0 Å². The number of rotatable bonds is 5. The van der Waals surface area contributed by atoms with Crippen LogP contribution in [0.1, 0.15) is 37.9 Å². The summed E-state index contributed by atoms with van der Waals surface area (Å²) in [6.07, 6.45) is 0.618. The summed E-state index contributed by atoms with van der Waals surface area (Å²) >= 11 is 0. The van der Waals surface area contributed by atoms with E-state index in [-0.39, 0.29) is 28.2 Å². The fourth-order valence-electron chi connectivity index (χ4n) is 3.37. The predicted octanol–water partition coefficient (Wildman–Crippen LogP) is 4.55. The molecular weight excluding hydrogens is 449 g/mol. The number of anilines is 1. The average molecular weight is 466 g/mol. The average Bonchev–Trinajstić information content (AvgIpc) is 3.31. The van der Waals surface area contributed by atoms with Gasteiger partial charge in [0.25, 0.3) is 5.91 Å². The van der Waals surface area contributed by atoms with Gasteiger partial charge in [0.2, 0.25) is 0 Å². The highest BCUT2D eigenvalue weighted by molar-refractivity contribution is 6.10. The van der Waals surface area contributed by atoms with Gasteiger partial charge in [-0.3, -0.25) is 14.8 Å². The number of nitrogens with one attached hydrogen (secondary N) is 1. The van der Waals surface area contributed by atoms with E-state index < -0.39 is 29.7 Å². The van der Waals surface area contributed by atoms with Gasteiger partial charge in [0.1, 0.15) is 11.9 Å². The van der Waals surface area contributed by atoms with Crippen LogP contribution >= 0.6 is 0 Å². The monoisotopic (exact) mass is 466 g/mol. The zero-order valence-electron chi connectivity index (χ0n) is 17.7. The predicted molar refractivity (Wildman–Crippen MR) is 118 cm³/mol. The molecule has 1 aliphatic heterocycles. The van der Waals surface area contributed by atoms with Gasteiger partial charge >= 0.3 is 12.1 Å². The number of amides is 1. The van der Waals surface area contributed by atoms with Gasteiger partial charge in [-0.05, 0) is 48.0 Å². The van der Waals surface area contributed by atoms with E-state index in [2.05, 4.69) is 25.0 Å². The number of esters is 1. The molecule has 1 atom stereocenters. The fraction of sp³-hybridized carbons (Fsp3) is 0.125. The van der Waals surface area contributed by atoms with Crippen LogP contribution < -0.4 is 5.32 Å². The lowest BCUT2D eigenvalue weighted by Gasteiger charge is -2.16. The molecular formula is C24H17F3N4O3. The second-order valence-corrected chi connectivity index (χ2v) is 7.26. The third-order valence-corrected chi connectivity index (χ3v) is 5.03. The second kappa shape index (κ2) is 9.26. The molecule has 0 spiro atoms. The van der Waals surface area contributed by atoms with Gasteiger partial charge in [0.05, 0.1) is 24.0 Å². The Balaban J connectivity index is 1.55. The SMILES string of the molecule is COC(=O)c1cccc(C(=O)Nc2ccc(C3N=C(c4cccnc4)C=C3C(F)(F)F)cn2)c1. The first-order valence-corrected chi connectivity index (χ1v) is 9.99. The quantitative estimate of drug-likeness (QED) is 0.557. The zero-order valence-corrected chi connectivity index (χ0v) is 17.7. The lowest BCUT2D eigenvalue weighted by atomic mass is 10.0. The highest BCUT2D eigenvalue weighted by atomic mass is 19.4. The van der Waals surface area contributed by atoms with Crippen molar-refractivity contribution in [2.24, 2.45) is 4.99 Å². The third-order valence-electron chi connectivity index (χ3n) is 5.03. The van der Waals surface area contributed by atoms with E-state index in [0.29, 0.717) is 5.56 Å². The molecule has 1 aromatic carbocycles. The van der Waals surface area contributed by atoms with E-state index >= 15 is 0 Å². The molecule has 0 fully saturated rings. The van der Waals surface area contributed by atoms with Crippen molar-refractivity contribution >= 4 is 23.4 Å². The smallest absolute Gasteiger partial charge is 0.415 e. The number of carbonyl (C=O) groups excluding carboxylic acids is 2. The van der Waals surface area contributed by atoms with Crippen LogP contribution in [0.5, 0.6) is 0 Å². The molecule has 1 unspecified atom stereocenters. The highest BCUT2D eigenvalue weighted by Gasteiger charge is 2.42. The molecule has 1 N–H and O–H groups in total. The molecule has 3 aromatic rings. The van der Waals surface area contributed by atoms with Crippen LogP contribution in [0.3, 0.4) is 0 Å². The Morgan fingerprint density at radius 1 is 1.03 bits per heavy atom. The number of pyridine rings is 2. The number of methoxy groups -OCH3 is 1. The van der Waals surface area contributed by atoms with Gasteiger partial charge in [0, 0.05) is 29.7 Å². The molecule has 0 saturated carbocycles. The van der Waals surface area contributed by atoms with Crippen LogP contribution in [-0.2, 0) is 4.74 Å². The lowest BCUT2D eigenvalue weighted by molar-refractivity contribution is -0.0950. The summed E-state index contributed by atoms with van der Waals surface area (Å²) in [5.41, 5.74) is 0.440. The van der Waals surface area contributed by atoms with Crippen LogP contribution in [0.4, 0.5) is 19.0 Å². The molecule has 10 heteroatoms. The van der Waals surface area contributed by atoms with Crippen LogP contribution in [0, 0.1) is 0 Å². The Labute approximate surface area is 192 Å². The maximum absolute atomic E-state index is 13.7. The van der Waals surface area contributed by atoms with Crippen molar-refractivity contribution < 1.29 is 27.5 Å². The standard InChI is InChI=1S/C24H17F3N4O3/c1-34-23(33)15-5-2-4-14(10-15)22(32)31-20-8-7-17(13-29-20)21-18(24(25,26)27)11-19(30-21)16-6-3-9-28-12-16/h2-13,21H,1H3,(H,29,31,32). The number of carbonyl (C=O) groups is 2. The van der Waals surface area contributed by atoms with Crippen molar-refractivity contribution in [1.82, 2.24) is 9.97 Å². The Morgan fingerprint density at radius 3 is 2.47 bits per heavy atom. The number of hydrogen-bond acceptors (Lipinski definition) is 6. The second-order valence-electron chi connectivity index (χ2n) is 7.26. The van der Waals surface area contributed by atoms with Crippen LogP contribution in [-0.4, -0.2) is 40.8 Å². The van der Waals surface area contributed by atoms with Gasteiger partial charge in [-0.25, -0.2) is 9.78 Å². The van der Waals surface area contributed by atoms with Crippen LogP contribution in [0.15, 0.2) is 83.8 Å². The minimum Gasteiger partial charge on any atom is -0.465 e. The van der Waals surface area contributed by atoms with Crippen molar-refractivity contribution in [1.29, 1.82) is 0 Å². The number of halogens is 3. The molecule has 34 heavy (non-hydrogen) atoms. The first-order chi connectivity index (χ1) is 16.3. The summed E-state index contributed by atoms with van der Waals surface area (Å²) in [7, 11) is 1.23. The molecule has 172 valence electrons. The van der Waals surface area contributed by atoms with E-state index in [1.54, 1.807) is 12.1 Å². The molecule has 0 bridgehead atoms. The third kappa shape index (κ3) is 4.85. The zero-order chi connectivity index (χ0) is 24.3. The summed E-state index contributed by atoms with van der Waals surface area (Å²) in [4.78, 5) is 36.4. The molecule has 4 rings (SSSR count). The van der Waals surface area contributed by atoms with E-state index in [1.165, 1.54) is 62.1 Å². The maximum atomic E-state index is 13.7. The van der Waals surface area contributed by atoms with E-state index in [9.17, 15) is 22.8 Å². The number of allylic oxidation sites excluding steroid dienone is 1. The Morgan fingerprint density at radius 2 is 1.82 bits per heavy atom. The van der Waals surface area contributed by atoms with Crippen LogP contribution in [0.2, 0.25) is 0 Å². The summed E-state index contributed by atoms with van der Waals surface area (Å²) in [5.74, 6) is -1.00. The highest BCUT2D eigenvalue weighted by Crippen LogP contribution is 2.41. The number of aromatic nitrogens is 2. The first kappa shape index (κ1) is 22.8. The van der Waals surface area contributed by atoms with E-state index in [4.69, 9.17) is 0 Å². The number of ether oxygens (including phenoxy) is 1. The largest absolute Gasteiger partial charge is 0.465 e. The molecule has 2 aromatic heterocycles. The summed E-state index contributed by atoms with van der Waals surface area (Å²) < 4.78 is 45.7. The Bertz CT molecular complexity index is 1290. The molecule has 7 nitrogen and oxygen atoms in total. The first-order valence-electron chi connectivity index (χ1n) is 9.99. The molecule has 0 saturated heterocycles. The van der Waals surface area contributed by atoms with Gasteiger partial charge in [-0.15, -0.1) is 0 Å². The van der Waals surface area contributed by atoms with Gasteiger partial charge in [-0.1, -0.05) is 12.1 Å². The normalized spacial score (nSPS) is 15.4. The summed E-state index contributed by atoms with van der Waals surface area (Å²) in [5, 5.41) is 2.55. The number of nitrogens with zero attached hydrogens (tertiary/aromatic N) is 3. The number of hydrogen-bond donors (Lipinski definition) is 1. The number of alkyl halides is 3. The van der Waals surface area contributed by atoms with Crippen molar-refractivity contribution in [3.8, 4) is 0 Å². The molecule has 1 aliphatic rings. The Kier molecular flexibility index (Phi) is 6.22. The van der Waals surface area contributed by atoms with Crippen molar-refractivity contribution in [2.75, 3.05) is 12.4 Å². The molecule has 0 aliphatic carbocycles. The van der Waals surface area contributed by atoms with Crippen molar-refractivity contribution in [3.63, 3.8) is 0 Å². The summed E-state index contributed by atoms with van der Waals surface area (Å²) in [6.45, 7) is 0. The van der Waals surface area contributed by atoms with Gasteiger partial charge in [-0.2, -0.15) is 13.2 Å².